The zero-order valence-electron chi connectivity index (χ0n) is 20.3. The van der Waals surface area contributed by atoms with Crippen LogP contribution >= 0.6 is 0 Å². The van der Waals surface area contributed by atoms with Crippen molar-refractivity contribution in [2.45, 2.75) is 50.4 Å². The minimum absolute atomic E-state index is 0.0277. The molecule has 0 spiro atoms. The lowest BCUT2D eigenvalue weighted by molar-refractivity contribution is -0.163. The molecule has 3 atom stereocenters. The molecule has 1 fully saturated rings. The van der Waals surface area contributed by atoms with Gasteiger partial charge in [0.15, 0.2) is 5.78 Å². The van der Waals surface area contributed by atoms with Gasteiger partial charge < -0.3 is 14.9 Å². The van der Waals surface area contributed by atoms with Crippen molar-refractivity contribution in [1.82, 2.24) is 0 Å². The second kappa shape index (κ2) is 11.9. The minimum Gasteiger partial charge on any atom is -0.481 e. The highest BCUT2D eigenvalue weighted by Crippen LogP contribution is 2.43. The molecule has 0 aliphatic heterocycles. The van der Waals surface area contributed by atoms with Gasteiger partial charge >= 0.3 is 5.97 Å². The molecule has 5 heteroatoms. The first-order valence-electron chi connectivity index (χ1n) is 12.4. The monoisotopic (exact) mass is 484 g/mol. The molecule has 0 bridgehead atoms. The highest BCUT2D eigenvalue weighted by molar-refractivity contribution is 5.89. The first-order chi connectivity index (χ1) is 17.5. The Morgan fingerprint density at radius 2 is 1.56 bits per heavy atom. The Bertz CT molecular complexity index is 1190. The second-order valence-corrected chi connectivity index (χ2v) is 9.39. The normalized spacial score (nSPS) is 21.6. The number of carbonyl (C=O) groups excluding carboxylic acids is 1. The number of carboxylic acid groups (broad SMARTS) is 1. The Morgan fingerprint density at radius 1 is 0.889 bits per heavy atom. The molecule has 1 aliphatic rings. The summed E-state index contributed by atoms with van der Waals surface area (Å²) in [5.41, 5.74) is 2.82. The molecule has 1 saturated carbocycles. The van der Waals surface area contributed by atoms with Crippen molar-refractivity contribution in [2.24, 2.45) is 5.92 Å². The predicted molar refractivity (Wildman–Crippen MR) is 139 cm³/mol. The number of hydrogen-bond acceptors (Lipinski definition) is 4. The van der Waals surface area contributed by atoms with E-state index in [4.69, 9.17) is 4.74 Å². The van der Waals surface area contributed by atoms with E-state index in [2.05, 4.69) is 0 Å². The lowest BCUT2D eigenvalue weighted by Crippen LogP contribution is -2.47. The SMILES string of the molecule is O=C(O)CC1(OCc2cccc(-c3ccccc3)c2)C(O)CCC1C=CC(=O)CCc1ccccc1. The van der Waals surface area contributed by atoms with Crippen LogP contribution in [0.3, 0.4) is 0 Å². The Labute approximate surface area is 212 Å². The zero-order valence-corrected chi connectivity index (χ0v) is 20.3. The molecule has 0 radical (unpaired) electrons. The molecule has 0 heterocycles. The highest BCUT2D eigenvalue weighted by Gasteiger charge is 2.51. The maximum Gasteiger partial charge on any atom is 0.306 e. The van der Waals surface area contributed by atoms with E-state index in [1.807, 2.05) is 84.9 Å². The number of carboxylic acids is 1. The van der Waals surface area contributed by atoms with Gasteiger partial charge in [-0.15, -0.1) is 0 Å². The Kier molecular flexibility index (Phi) is 8.47. The van der Waals surface area contributed by atoms with Gasteiger partial charge in [-0.25, -0.2) is 0 Å². The lowest BCUT2D eigenvalue weighted by atomic mass is 9.85. The molecule has 36 heavy (non-hydrogen) atoms. The van der Waals surface area contributed by atoms with Crippen LogP contribution in [0.5, 0.6) is 0 Å². The summed E-state index contributed by atoms with van der Waals surface area (Å²) in [6.07, 6.45) is 4.00. The number of aryl methyl sites for hydroxylation is 1. The van der Waals surface area contributed by atoms with Gasteiger partial charge in [0, 0.05) is 12.3 Å². The van der Waals surface area contributed by atoms with Crippen LogP contribution in [0, 0.1) is 5.92 Å². The second-order valence-electron chi connectivity index (χ2n) is 9.39. The fourth-order valence-electron chi connectivity index (χ4n) is 4.98. The zero-order chi connectivity index (χ0) is 25.4. The van der Waals surface area contributed by atoms with Crippen LogP contribution < -0.4 is 0 Å². The molecule has 4 rings (SSSR count). The van der Waals surface area contributed by atoms with Crippen molar-refractivity contribution >= 4 is 11.8 Å². The summed E-state index contributed by atoms with van der Waals surface area (Å²) < 4.78 is 6.27. The topological polar surface area (TPSA) is 83.8 Å². The van der Waals surface area contributed by atoms with Crippen LogP contribution in [-0.2, 0) is 27.4 Å². The summed E-state index contributed by atoms with van der Waals surface area (Å²) in [6, 6.07) is 27.7. The number of aliphatic carboxylic acids is 1. The number of hydrogen-bond donors (Lipinski definition) is 2. The van der Waals surface area contributed by atoms with Gasteiger partial charge in [0.05, 0.1) is 19.1 Å². The van der Waals surface area contributed by atoms with E-state index in [1.165, 1.54) is 6.08 Å². The van der Waals surface area contributed by atoms with Crippen molar-refractivity contribution in [3.8, 4) is 11.1 Å². The average molecular weight is 485 g/mol. The van der Waals surface area contributed by atoms with Gasteiger partial charge in [0.2, 0.25) is 0 Å². The third-order valence-corrected chi connectivity index (χ3v) is 6.93. The fourth-order valence-corrected chi connectivity index (χ4v) is 4.98. The third kappa shape index (κ3) is 6.36. The largest absolute Gasteiger partial charge is 0.481 e. The van der Waals surface area contributed by atoms with E-state index in [1.54, 1.807) is 6.08 Å². The van der Waals surface area contributed by atoms with Crippen molar-refractivity contribution < 1.29 is 24.5 Å². The van der Waals surface area contributed by atoms with Crippen molar-refractivity contribution in [3.05, 3.63) is 108 Å². The maximum absolute atomic E-state index is 12.5. The average Bonchev–Trinajstić information content (AvgIpc) is 3.20. The van der Waals surface area contributed by atoms with Crippen LogP contribution in [0.2, 0.25) is 0 Å². The van der Waals surface area contributed by atoms with Gasteiger partial charge in [0.1, 0.15) is 5.60 Å². The highest BCUT2D eigenvalue weighted by atomic mass is 16.5. The quantitative estimate of drug-likeness (QED) is 0.346. The number of aliphatic hydroxyl groups excluding tert-OH is 1. The number of aliphatic hydroxyl groups is 1. The number of benzene rings is 3. The molecule has 5 nitrogen and oxygen atoms in total. The molecule has 186 valence electrons. The van der Waals surface area contributed by atoms with Gasteiger partial charge in [0.25, 0.3) is 0 Å². The Morgan fingerprint density at radius 3 is 2.28 bits per heavy atom. The standard InChI is InChI=1S/C31H32O5/c32-28(17-14-23-8-3-1-4-9-23)18-15-27-16-19-29(33)31(27,21-30(34)35)36-22-24-10-7-13-26(20-24)25-11-5-2-6-12-25/h1-13,15,18,20,27,29,33H,14,16-17,19,21-22H2,(H,34,35). The predicted octanol–water partition coefficient (Wildman–Crippen LogP) is 5.61. The molecular weight excluding hydrogens is 452 g/mol. The van der Waals surface area contributed by atoms with Crippen molar-refractivity contribution in [3.63, 3.8) is 0 Å². The molecule has 0 amide bonds. The minimum atomic E-state index is -1.29. The summed E-state index contributed by atoms with van der Waals surface area (Å²) in [5, 5.41) is 20.5. The van der Waals surface area contributed by atoms with Crippen LogP contribution in [0.4, 0.5) is 0 Å². The molecule has 3 aromatic carbocycles. The van der Waals surface area contributed by atoms with Crippen molar-refractivity contribution in [2.75, 3.05) is 0 Å². The molecule has 0 saturated heterocycles. The van der Waals surface area contributed by atoms with Gasteiger partial charge in [-0.3, -0.25) is 9.59 Å². The first-order valence-corrected chi connectivity index (χ1v) is 12.4. The van der Waals surface area contributed by atoms with Gasteiger partial charge in [-0.2, -0.15) is 0 Å². The van der Waals surface area contributed by atoms with Crippen LogP contribution in [-0.4, -0.2) is 33.7 Å². The molecular formula is C31H32O5. The van der Waals surface area contributed by atoms with Crippen LogP contribution in [0.1, 0.15) is 36.8 Å². The number of allylic oxidation sites excluding steroid dienone is 1. The molecule has 3 unspecified atom stereocenters. The van der Waals surface area contributed by atoms with Gasteiger partial charge in [-0.05, 0) is 53.7 Å². The smallest absolute Gasteiger partial charge is 0.306 e. The number of rotatable bonds is 11. The number of ketones is 1. The fraction of sp³-hybridized carbons (Fsp3) is 0.290. The Hall–Kier alpha value is -3.54. The van der Waals surface area contributed by atoms with E-state index < -0.39 is 17.7 Å². The van der Waals surface area contributed by atoms with E-state index >= 15 is 0 Å². The summed E-state index contributed by atoms with van der Waals surface area (Å²) in [6.45, 7) is 0.164. The maximum atomic E-state index is 12.5. The molecule has 1 aliphatic carbocycles. The first kappa shape index (κ1) is 25.5. The number of carbonyl (C=O) groups is 2. The molecule has 3 aromatic rings. The van der Waals surface area contributed by atoms with Crippen molar-refractivity contribution in [1.29, 1.82) is 0 Å². The summed E-state index contributed by atoms with van der Waals surface area (Å²) in [7, 11) is 0. The van der Waals surface area contributed by atoms with E-state index in [-0.39, 0.29) is 24.7 Å². The van der Waals surface area contributed by atoms with E-state index in [0.29, 0.717) is 25.7 Å². The summed E-state index contributed by atoms with van der Waals surface area (Å²) in [4.78, 5) is 24.4. The van der Waals surface area contributed by atoms with E-state index in [0.717, 1.165) is 22.3 Å². The van der Waals surface area contributed by atoms with Crippen LogP contribution in [0.15, 0.2) is 97.1 Å². The molecule has 2 N–H and O–H groups in total. The van der Waals surface area contributed by atoms with Gasteiger partial charge in [-0.1, -0.05) is 84.9 Å². The molecule has 0 aromatic heterocycles. The Balaban J connectivity index is 1.47. The van der Waals surface area contributed by atoms with Crippen LogP contribution in [0.25, 0.3) is 11.1 Å². The third-order valence-electron chi connectivity index (χ3n) is 6.93. The van der Waals surface area contributed by atoms with E-state index in [9.17, 15) is 19.8 Å². The summed E-state index contributed by atoms with van der Waals surface area (Å²) in [5.74, 6) is -1.44. The lowest BCUT2D eigenvalue weighted by Gasteiger charge is -2.36. The summed E-state index contributed by atoms with van der Waals surface area (Å²) >= 11 is 0. The number of ether oxygens (including phenoxy) is 1.